The van der Waals surface area contributed by atoms with E-state index in [9.17, 15) is 14.0 Å². The van der Waals surface area contributed by atoms with Crippen molar-refractivity contribution in [2.75, 3.05) is 17.2 Å². The van der Waals surface area contributed by atoms with Crippen LogP contribution < -0.4 is 10.6 Å². The van der Waals surface area contributed by atoms with Crippen LogP contribution in [0.3, 0.4) is 0 Å². The first kappa shape index (κ1) is 13.2. The molecule has 0 spiro atoms. The molecule has 1 aromatic heterocycles. The molecule has 1 saturated heterocycles. The average molecular weight is 290 g/mol. The van der Waals surface area contributed by atoms with Crippen LogP contribution in [0.2, 0.25) is 0 Å². The van der Waals surface area contributed by atoms with Crippen molar-refractivity contribution in [1.82, 2.24) is 9.97 Å². The molecule has 3 N–H and O–H groups in total. The number of nitrogen functional groups attached to an aromatic ring is 1. The predicted octanol–water partition coefficient (Wildman–Crippen LogP) is 0.789. The van der Waals surface area contributed by atoms with E-state index in [1.165, 1.54) is 12.1 Å². The van der Waals surface area contributed by atoms with E-state index in [-0.39, 0.29) is 35.6 Å². The summed E-state index contributed by atoms with van der Waals surface area (Å²) in [6.07, 6.45) is -0.144. The van der Waals surface area contributed by atoms with Crippen LogP contribution in [0.1, 0.15) is 6.42 Å². The Balaban J connectivity index is 2.16. The number of carboxylic acids is 1. The van der Waals surface area contributed by atoms with E-state index >= 15 is 0 Å². The number of benzene rings is 1. The molecule has 1 atom stereocenters. The third-order valence-electron chi connectivity index (χ3n) is 3.40. The van der Waals surface area contributed by atoms with E-state index in [0.717, 1.165) is 4.90 Å². The van der Waals surface area contributed by atoms with Crippen LogP contribution in [-0.2, 0) is 9.59 Å². The van der Waals surface area contributed by atoms with Gasteiger partial charge in [0.25, 0.3) is 0 Å². The van der Waals surface area contributed by atoms with E-state index in [1.54, 1.807) is 6.07 Å². The summed E-state index contributed by atoms with van der Waals surface area (Å²) in [4.78, 5) is 32.0. The van der Waals surface area contributed by atoms with Gasteiger partial charge in [-0.25, -0.2) is 9.37 Å². The molecule has 0 saturated carbocycles. The monoisotopic (exact) mass is 290 g/mol. The highest BCUT2D eigenvalue weighted by Gasteiger charge is 2.37. The van der Waals surface area contributed by atoms with Crippen molar-refractivity contribution in [3.8, 4) is 0 Å². The number of carbonyl (C=O) groups excluding carboxylic acids is 1. The Labute approximate surface area is 118 Å². The fraction of sp³-hybridized carbons (Fsp3) is 0.231. The highest BCUT2D eigenvalue weighted by atomic mass is 19.1. The zero-order valence-electron chi connectivity index (χ0n) is 10.8. The van der Waals surface area contributed by atoms with E-state index in [1.807, 2.05) is 0 Å². The Morgan fingerprint density at radius 3 is 2.86 bits per heavy atom. The zero-order valence-corrected chi connectivity index (χ0v) is 10.8. The second-order valence-corrected chi connectivity index (χ2v) is 4.78. The normalized spacial score (nSPS) is 18.4. The number of rotatable bonds is 2. The quantitative estimate of drug-likeness (QED) is 0.846. The molecule has 1 aromatic carbocycles. The second kappa shape index (κ2) is 4.65. The summed E-state index contributed by atoms with van der Waals surface area (Å²) in [6, 6.07) is 4.25. The maximum absolute atomic E-state index is 14.0. The summed E-state index contributed by atoms with van der Waals surface area (Å²) >= 11 is 0. The third-order valence-corrected chi connectivity index (χ3v) is 3.40. The first-order valence-electron chi connectivity index (χ1n) is 6.22. The number of hydrogen-bond acceptors (Lipinski definition) is 5. The van der Waals surface area contributed by atoms with Gasteiger partial charge in [-0.05, 0) is 12.1 Å². The van der Waals surface area contributed by atoms with Crippen molar-refractivity contribution in [3.63, 3.8) is 0 Å². The lowest BCUT2D eigenvalue weighted by Gasteiger charge is -2.17. The molecule has 108 valence electrons. The molecule has 2 aromatic rings. The first-order chi connectivity index (χ1) is 9.97. The summed E-state index contributed by atoms with van der Waals surface area (Å²) < 4.78 is 14.0. The van der Waals surface area contributed by atoms with E-state index in [2.05, 4.69) is 9.97 Å². The summed E-state index contributed by atoms with van der Waals surface area (Å²) in [5.74, 6) is -3.01. The molecule has 3 rings (SSSR count). The number of fused-ring (bicyclic) bond motifs is 1. The van der Waals surface area contributed by atoms with Gasteiger partial charge in [0.1, 0.15) is 5.82 Å². The van der Waals surface area contributed by atoms with Crippen molar-refractivity contribution in [2.24, 2.45) is 5.92 Å². The SMILES string of the molecule is Nc1nc(N2CC(C(=O)O)CC2=O)c2c(F)cccc2n1. The molecule has 7 nitrogen and oxygen atoms in total. The first-order valence-corrected chi connectivity index (χ1v) is 6.22. The van der Waals surface area contributed by atoms with E-state index < -0.39 is 23.6 Å². The molecule has 0 bridgehead atoms. The van der Waals surface area contributed by atoms with Crippen LogP contribution in [-0.4, -0.2) is 33.5 Å². The number of carboxylic acid groups (broad SMARTS) is 1. The number of aliphatic carboxylic acids is 1. The van der Waals surface area contributed by atoms with Crippen molar-refractivity contribution in [2.45, 2.75) is 6.42 Å². The fourth-order valence-electron chi connectivity index (χ4n) is 2.41. The molecule has 0 radical (unpaired) electrons. The van der Waals surface area contributed by atoms with Crippen LogP contribution in [0.5, 0.6) is 0 Å². The second-order valence-electron chi connectivity index (χ2n) is 4.78. The van der Waals surface area contributed by atoms with Gasteiger partial charge in [0.2, 0.25) is 11.9 Å². The maximum atomic E-state index is 14.0. The molecule has 21 heavy (non-hydrogen) atoms. The van der Waals surface area contributed by atoms with Gasteiger partial charge >= 0.3 is 5.97 Å². The molecule has 1 amide bonds. The predicted molar refractivity (Wildman–Crippen MR) is 72.0 cm³/mol. The fourth-order valence-corrected chi connectivity index (χ4v) is 2.41. The Bertz CT molecular complexity index is 764. The highest BCUT2D eigenvalue weighted by Crippen LogP contribution is 2.31. The topological polar surface area (TPSA) is 109 Å². The van der Waals surface area contributed by atoms with Crippen molar-refractivity contribution < 1.29 is 19.1 Å². The number of aromatic nitrogens is 2. The van der Waals surface area contributed by atoms with Gasteiger partial charge < -0.3 is 10.8 Å². The number of hydrogen-bond donors (Lipinski definition) is 2. The number of amides is 1. The lowest BCUT2D eigenvalue weighted by molar-refractivity contribution is -0.141. The zero-order chi connectivity index (χ0) is 15.1. The molecule has 8 heteroatoms. The number of halogens is 1. The van der Waals surface area contributed by atoms with E-state index in [0.29, 0.717) is 0 Å². The number of anilines is 2. The minimum absolute atomic E-state index is 0.0179. The largest absolute Gasteiger partial charge is 0.481 e. The van der Waals surface area contributed by atoms with Gasteiger partial charge in [-0.2, -0.15) is 4.98 Å². The molecule has 1 fully saturated rings. The van der Waals surface area contributed by atoms with Crippen molar-refractivity contribution in [3.05, 3.63) is 24.0 Å². The van der Waals surface area contributed by atoms with Gasteiger partial charge in [-0.3, -0.25) is 14.5 Å². The van der Waals surface area contributed by atoms with Crippen LogP contribution in [0.25, 0.3) is 10.9 Å². The lowest BCUT2D eigenvalue weighted by Crippen LogP contribution is -2.27. The van der Waals surface area contributed by atoms with Gasteiger partial charge in [0.15, 0.2) is 5.82 Å². The van der Waals surface area contributed by atoms with Gasteiger partial charge in [-0.15, -0.1) is 0 Å². The Hall–Kier alpha value is -2.77. The molecule has 1 unspecified atom stereocenters. The summed E-state index contributed by atoms with van der Waals surface area (Å²) in [5.41, 5.74) is 5.85. The molecule has 0 aliphatic carbocycles. The number of nitrogens with zero attached hydrogens (tertiary/aromatic N) is 3. The van der Waals surface area contributed by atoms with Crippen LogP contribution in [0, 0.1) is 11.7 Å². The molecule has 2 heterocycles. The molecule has 1 aliphatic rings. The Morgan fingerprint density at radius 2 is 2.19 bits per heavy atom. The van der Waals surface area contributed by atoms with Crippen LogP contribution >= 0.6 is 0 Å². The summed E-state index contributed by atoms with van der Waals surface area (Å²) in [5, 5.41) is 9.07. The maximum Gasteiger partial charge on any atom is 0.308 e. The van der Waals surface area contributed by atoms with Gasteiger partial charge in [0.05, 0.1) is 16.8 Å². The molecular formula is C13H11FN4O3. The average Bonchev–Trinajstić information content (AvgIpc) is 2.80. The Morgan fingerprint density at radius 1 is 1.43 bits per heavy atom. The lowest BCUT2D eigenvalue weighted by atomic mass is 10.1. The van der Waals surface area contributed by atoms with Gasteiger partial charge in [-0.1, -0.05) is 6.07 Å². The summed E-state index contributed by atoms with van der Waals surface area (Å²) in [6.45, 7) is -0.0615. The molecular weight excluding hydrogens is 279 g/mol. The number of carbonyl (C=O) groups is 2. The summed E-state index contributed by atoms with van der Waals surface area (Å²) in [7, 11) is 0. The highest BCUT2D eigenvalue weighted by molar-refractivity contribution is 6.04. The van der Waals surface area contributed by atoms with Gasteiger partial charge in [0, 0.05) is 13.0 Å². The minimum atomic E-state index is -1.07. The standard InChI is InChI=1S/C13H11FN4O3/c14-7-2-1-3-8-10(7)11(17-13(15)16-8)18-5-6(12(20)21)4-9(18)19/h1-3,6H,4-5H2,(H,20,21)(H2,15,16,17). The van der Waals surface area contributed by atoms with Crippen molar-refractivity contribution in [1.29, 1.82) is 0 Å². The van der Waals surface area contributed by atoms with Crippen LogP contribution in [0.4, 0.5) is 16.2 Å². The Kier molecular flexibility index (Phi) is 2.93. The smallest absolute Gasteiger partial charge is 0.308 e. The van der Waals surface area contributed by atoms with Crippen LogP contribution in [0.15, 0.2) is 18.2 Å². The minimum Gasteiger partial charge on any atom is -0.481 e. The molecule has 1 aliphatic heterocycles. The third kappa shape index (κ3) is 2.14. The van der Waals surface area contributed by atoms with Crippen molar-refractivity contribution >= 4 is 34.5 Å². The van der Waals surface area contributed by atoms with E-state index in [4.69, 9.17) is 10.8 Å². The number of nitrogens with two attached hydrogens (primary N) is 1.